The van der Waals surface area contributed by atoms with Crippen LogP contribution in [0.1, 0.15) is 10.4 Å². The molecule has 0 aliphatic rings. The lowest BCUT2D eigenvalue weighted by atomic mass is 10.1. The minimum Gasteiger partial charge on any atom is -0.367 e. The molecule has 142 valence electrons. The van der Waals surface area contributed by atoms with Crippen molar-refractivity contribution in [2.24, 2.45) is 0 Å². The molecule has 0 unspecified atom stereocenters. The van der Waals surface area contributed by atoms with Gasteiger partial charge >= 0.3 is 0 Å². The van der Waals surface area contributed by atoms with Crippen LogP contribution in [-0.2, 0) is 0 Å². The Hall–Kier alpha value is -4.08. The molecule has 0 aliphatic heterocycles. The Morgan fingerprint density at radius 2 is 1.68 bits per heavy atom. The third-order valence-corrected chi connectivity index (χ3v) is 3.68. The number of benzene rings is 1. The van der Waals surface area contributed by atoms with E-state index in [1.165, 1.54) is 18.2 Å². The number of para-hydroxylation sites is 1. The van der Waals surface area contributed by atoms with Crippen molar-refractivity contribution < 1.29 is 9.72 Å². The topological polar surface area (TPSA) is 135 Å². The zero-order chi connectivity index (χ0) is 19.8. The highest BCUT2D eigenvalue weighted by Crippen LogP contribution is 2.17. The summed E-state index contributed by atoms with van der Waals surface area (Å²) in [7, 11) is 0. The molecular weight excluding hydrogens is 362 g/mol. The van der Waals surface area contributed by atoms with Gasteiger partial charge in [0.05, 0.1) is 4.92 Å². The molecule has 0 atom stereocenters. The van der Waals surface area contributed by atoms with Crippen LogP contribution in [0.2, 0.25) is 0 Å². The van der Waals surface area contributed by atoms with Crippen LogP contribution in [0.3, 0.4) is 0 Å². The molecule has 0 fully saturated rings. The molecule has 0 saturated carbocycles. The molecule has 1 aromatic carbocycles. The molecule has 0 saturated heterocycles. The molecule has 0 bridgehead atoms. The van der Waals surface area contributed by atoms with Crippen molar-refractivity contribution in [2.45, 2.75) is 0 Å². The van der Waals surface area contributed by atoms with E-state index in [0.29, 0.717) is 18.2 Å². The first kappa shape index (κ1) is 18.7. The predicted molar refractivity (Wildman–Crippen MR) is 103 cm³/mol. The van der Waals surface area contributed by atoms with Gasteiger partial charge in [-0.3, -0.25) is 19.9 Å². The fourth-order valence-corrected chi connectivity index (χ4v) is 2.36. The largest absolute Gasteiger partial charge is 0.367 e. The number of carbonyl (C=O) groups is 1. The lowest BCUT2D eigenvalue weighted by Crippen LogP contribution is -2.29. The van der Waals surface area contributed by atoms with E-state index in [0.717, 1.165) is 5.69 Å². The van der Waals surface area contributed by atoms with Crippen LogP contribution < -0.4 is 16.0 Å². The summed E-state index contributed by atoms with van der Waals surface area (Å²) < 4.78 is 0. The summed E-state index contributed by atoms with van der Waals surface area (Å²) in [6, 6.07) is 13.0. The van der Waals surface area contributed by atoms with Crippen molar-refractivity contribution in [2.75, 3.05) is 23.7 Å². The van der Waals surface area contributed by atoms with Crippen molar-refractivity contribution in [3.05, 3.63) is 76.6 Å². The highest BCUT2D eigenvalue weighted by atomic mass is 16.6. The van der Waals surface area contributed by atoms with Crippen molar-refractivity contribution in [3.8, 4) is 0 Å². The molecule has 10 heteroatoms. The van der Waals surface area contributed by atoms with Gasteiger partial charge in [-0.25, -0.2) is 0 Å². The first-order chi connectivity index (χ1) is 13.6. The van der Waals surface area contributed by atoms with E-state index in [4.69, 9.17) is 0 Å². The van der Waals surface area contributed by atoms with E-state index in [9.17, 15) is 14.9 Å². The van der Waals surface area contributed by atoms with Gasteiger partial charge in [0.2, 0.25) is 0 Å². The van der Waals surface area contributed by atoms with Gasteiger partial charge in [0.25, 0.3) is 11.6 Å². The Morgan fingerprint density at radius 3 is 2.39 bits per heavy atom. The minimum atomic E-state index is -0.579. The van der Waals surface area contributed by atoms with Gasteiger partial charge < -0.3 is 16.0 Å². The average Bonchev–Trinajstić information content (AvgIpc) is 2.73. The van der Waals surface area contributed by atoms with Gasteiger partial charge in [-0.05, 0) is 30.3 Å². The van der Waals surface area contributed by atoms with Crippen LogP contribution in [-0.4, -0.2) is 39.1 Å². The summed E-state index contributed by atoms with van der Waals surface area (Å²) in [5.74, 6) is 0.624. The SMILES string of the molecule is O=C(NCCNc1ccc(Nc2ccncc2)nn1)c1ccccc1[N+](=O)[O-]. The summed E-state index contributed by atoms with van der Waals surface area (Å²) in [4.78, 5) is 26.4. The number of hydrogen-bond acceptors (Lipinski definition) is 8. The van der Waals surface area contributed by atoms with E-state index >= 15 is 0 Å². The molecule has 0 aliphatic carbocycles. The molecular formula is C18H17N7O3. The van der Waals surface area contributed by atoms with Crippen molar-refractivity contribution >= 4 is 28.9 Å². The second kappa shape index (κ2) is 9.03. The van der Waals surface area contributed by atoms with E-state index in [1.807, 2.05) is 12.1 Å². The number of aromatic nitrogens is 3. The van der Waals surface area contributed by atoms with Gasteiger partial charge in [-0.15, -0.1) is 10.2 Å². The van der Waals surface area contributed by atoms with E-state index < -0.39 is 10.8 Å². The molecule has 10 nitrogen and oxygen atoms in total. The number of nitro benzene ring substituents is 1. The van der Waals surface area contributed by atoms with Gasteiger partial charge in [0.15, 0.2) is 5.82 Å². The van der Waals surface area contributed by atoms with Crippen molar-refractivity contribution in [1.82, 2.24) is 20.5 Å². The number of hydrogen-bond donors (Lipinski definition) is 3. The van der Waals surface area contributed by atoms with Gasteiger partial charge in [0, 0.05) is 37.2 Å². The number of rotatable bonds is 8. The maximum Gasteiger partial charge on any atom is 0.282 e. The smallest absolute Gasteiger partial charge is 0.282 e. The molecule has 0 spiro atoms. The fraction of sp³-hybridized carbons (Fsp3) is 0.111. The molecule has 3 rings (SSSR count). The molecule has 3 N–H and O–H groups in total. The number of nitrogens with one attached hydrogen (secondary N) is 3. The lowest BCUT2D eigenvalue weighted by Gasteiger charge is -2.08. The second-order valence-electron chi connectivity index (χ2n) is 5.62. The van der Waals surface area contributed by atoms with Gasteiger partial charge in [-0.1, -0.05) is 12.1 Å². The van der Waals surface area contributed by atoms with Crippen LogP contribution in [0, 0.1) is 10.1 Å². The van der Waals surface area contributed by atoms with Gasteiger partial charge in [0.1, 0.15) is 11.4 Å². The molecule has 28 heavy (non-hydrogen) atoms. The monoisotopic (exact) mass is 379 g/mol. The fourth-order valence-electron chi connectivity index (χ4n) is 2.36. The molecule has 2 heterocycles. The standard InChI is InChI=1S/C18H17N7O3/c26-18(14-3-1-2-4-15(14)25(27)28)21-12-11-20-16-5-6-17(24-23-16)22-13-7-9-19-10-8-13/h1-10H,11-12H2,(H,20,23)(H,21,26)(H,19,22,24). The van der Waals surface area contributed by atoms with E-state index in [2.05, 4.69) is 31.1 Å². The zero-order valence-corrected chi connectivity index (χ0v) is 14.7. The van der Waals surface area contributed by atoms with Crippen LogP contribution in [0.4, 0.5) is 23.0 Å². The molecule has 2 aromatic heterocycles. The number of nitrogens with zero attached hydrogens (tertiary/aromatic N) is 4. The molecule has 1 amide bonds. The normalized spacial score (nSPS) is 10.1. The summed E-state index contributed by atoms with van der Waals surface area (Å²) in [5.41, 5.74) is 0.651. The van der Waals surface area contributed by atoms with E-state index in [1.54, 1.807) is 30.6 Å². The maximum atomic E-state index is 12.1. The predicted octanol–water partition coefficient (Wildman–Crippen LogP) is 2.37. The molecule has 3 aromatic rings. The highest BCUT2D eigenvalue weighted by Gasteiger charge is 2.18. The number of amides is 1. The van der Waals surface area contributed by atoms with Crippen LogP contribution in [0.25, 0.3) is 0 Å². The Bertz CT molecular complexity index is 949. The number of nitro groups is 1. The minimum absolute atomic E-state index is 0.0267. The summed E-state index contributed by atoms with van der Waals surface area (Å²) in [6.07, 6.45) is 3.34. The highest BCUT2D eigenvalue weighted by molar-refractivity contribution is 5.98. The number of pyridine rings is 1. The Kier molecular flexibility index (Phi) is 6.03. The summed E-state index contributed by atoms with van der Waals surface area (Å²) in [6.45, 7) is 0.655. The van der Waals surface area contributed by atoms with Gasteiger partial charge in [-0.2, -0.15) is 0 Å². The third-order valence-electron chi connectivity index (χ3n) is 3.68. The Balaban J connectivity index is 1.46. The van der Waals surface area contributed by atoms with Crippen LogP contribution in [0.5, 0.6) is 0 Å². The van der Waals surface area contributed by atoms with Crippen LogP contribution in [0.15, 0.2) is 60.9 Å². The average molecular weight is 379 g/mol. The molecule has 0 radical (unpaired) electrons. The second-order valence-corrected chi connectivity index (χ2v) is 5.62. The lowest BCUT2D eigenvalue weighted by molar-refractivity contribution is -0.385. The quantitative estimate of drug-likeness (QED) is 0.308. The van der Waals surface area contributed by atoms with Crippen LogP contribution >= 0.6 is 0 Å². The summed E-state index contributed by atoms with van der Waals surface area (Å²) in [5, 5.41) is 27.8. The Labute approximate surface area is 160 Å². The first-order valence-corrected chi connectivity index (χ1v) is 8.40. The number of anilines is 3. The Morgan fingerprint density at radius 1 is 0.964 bits per heavy atom. The third kappa shape index (κ3) is 4.97. The first-order valence-electron chi connectivity index (χ1n) is 8.40. The van der Waals surface area contributed by atoms with E-state index in [-0.39, 0.29) is 17.8 Å². The van der Waals surface area contributed by atoms with Crippen molar-refractivity contribution in [1.29, 1.82) is 0 Å². The summed E-state index contributed by atoms with van der Waals surface area (Å²) >= 11 is 0. The van der Waals surface area contributed by atoms with Crippen molar-refractivity contribution in [3.63, 3.8) is 0 Å². The zero-order valence-electron chi connectivity index (χ0n) is 14.7. The number of carbonyl (C=O) groups excluding carboxylic acids is 1. The maximum absolute atomic E-state index is 12.1.